The molecule has 1 unspecified atom stereocenters. The Hall–Kier alpha value is -2.72. The van der Waals surface area contributed by atoms with Gasteiger partial charge in [-0.25, -0.2) is 9.59 Å². The number of aliphatic hydroxyl groups excluding tert-OH is 1. The molecule has 0 bridgehead atoms. The van der Waals surface area contributed by atoms with Gasteiger partial charge in [0.1, 0.15) is 18.8 Å². The molecule has 1 rings (SSSR count). The van der Waals surface area contributed by atoms with E-state index < -0.39 is 36.4 Å². The average molecular weight is 494 g/mol. The first-order valence-electron chi connectivity index (χ1n) is 11.5. The normalized spacial score (nSPS) is 14.3. The van der Waals surface area contributed by atoms with E-state index in [1.54, 1.807) is 0 Å². The summed E-state index contributed by atoms with van der Waals surface area (Å²) in [5.41, 5.74) is 2.39. The lowest BCUT2D eigenvalue weighted by Gasteiger charge is -2.31. The molecule has 1 aromatic rings. The molecule has 0 aliphatic heterocycles. The number of carbonyl (C=O) groups excluding carboxylic acids is 2. The van der Waals surface area contributed by atoms with Gasteiger partial charge in [-0.3, -0.25) is 0 Å². The summed E-state index contributed by atoms with van der Waals surface area (Å²) in [6.07, 6.45) is -2.52. The molecule has 1 aromatic carbocycles. The third-order valence-electron chi connectivity index (χ3n) is 4.79. The first-order chi connectivity index (χ1) is 16.7. The van der Waals surface area contributed by atoms with Gasteiger partial charge in [0.15, 0.2) is 6.04 Å². The van der Waals surface area contributed by atoms with Crippen molar-refractivity contribution in [2.75, 3.05) is 33.5 Å². The summed E-state index contributed by atoms with van der Waals surface area (Å²) in [5.74, 6) is -0.690. The van der Waals surface area contributed by atoms with Crippen molar-refractivity contribution in [1.82, 2.24) is 5.32 Å². The number of alkyl carbamates (subject to hydrolysis) is 1. The van der Waals surface area contributed by atoms with Gasteiger partial charge in [0.05, 0.1) is 39.6 Å². The molecule has 0 aliphatic carbocycles. The van der Waals surface area contributed by atoms with E-state index in [1.165, 1.54) is 7.11 Å². The fourth-order valence-electron chi connectivity index (χ4n) is 2.94. The van der Waals surface area contributed by atoms with Crippen LogP contribution in [0.1, 0.15) is 32.8 Å². The lowest BCUT2D eigenvalue weighted by molar-refractivity contribution is -0.149. The zero-order valence-corrected chi connectivity index (χ0v) is 21.2. The fraction of sp³-hybridized carbons (Fsp3) is 0.538. The van der Waals surface area contributed by atoms with Crippen LogP contribution < -0.4 is 5.32 Å². The quantitative estimate of drug-likeness (QED) is 0.251. The zero-order valence-electron chi connectivity index (χ0n) is 21.2. The predicted octanol–water partition coefficient (Wildman–Crippen LogP) is 3.16. The van der Waals surface area contributed by atoms with Gasteiger partial charge in [-0.1, -0.05) is 61.6 Å². The molecular weight excluding hydrogens is 454 g/mol. The maximum absolute atomic E-state index is 12.2. The van der Waals surface area contributed by atoms with Crippen LogP contribution >= 0.6 is 0 Å². The van der Waals surface area contributed by atoms with Crippen LogP contribution in [0, 0.1) is 0 Å². The molecule has 0 aromatic heterocycles. The number of carbonyl (C=O) groups is 2. The van der Waals surface area contributed by atoms with Crippen molar-refractivity contribution in [2.45, 2.75) is 58.2 Å². The van der Waals surface area contributed by atoms with E-state index in [9.17, 15) is 14.7 Å². The van der Waals surface area contributed by atoms with Crippen molar-refractivity contribution in [3.63, 3.8) is 0 Å². The number of rotatable bonds is 17. The summed E-state index contributed by atoms with van der Waals surface area (Å²) in [4.78, 5) is 24.4. The number of hydrogen-bond donors (Lipinski definition) is 2. The van der Waals surface area contributed by atoms with E-state index in [2.05, 4.69) is 18.5 Å². The Labute approximate surface area is 208 Å². The summed E-state index contributed by atoms with van der Waals surface area (Å²) in [6, 6.07) is 8.05. The molecule has 0 heterocycles. The Bertz CT molecular complexity index is 798. The molecule has 9 nitrogen and oxygen atoms in total. The number of amides is 1. The lowest BCUT2D eigenvalue weighted by atomic mass is 10.1. The number of hydrogen-bond acceptors (Lipinski definition) is 8. The van der Waals surface area contributed by atoms with Gasteiger partial charge in [-0.2, -0.15) is 0 Å². The Morgan fingerprint density at radius 3 is 2.23 bits per heavy atom. The first-order valence-corrected chi connectivity index (χ1v) is 11.5. The number of benzene rings is 1. The Kier molecular flexibility index (Phi) is 14.6. The third kappa shape index (κ3) is 12.5. The van der Waals surface area contributed by atoms with Crippen LogP contribution in [0.2, 0.25) is 0 Å². The molecule has 35 heavy (non-hydrogen) atoms. The maximum atomic E-state index is 12.2. The zero-order chi connectivity index (χ0) is 26.2. The van der Waals surface area contributed by atoms with E-state index in [1.807, 2.05) is 51.1 Å². The van der Waals surface area contributed by atoms with Gasteiger partial charge < -0.3 is 34.1 Å². The number of esters is 1. The molecule has 4 atom stereocenters. The number of methoxy groups -OCH3 is 1. The predicted molar refractivity (Wildman–Crippen MR) is 132 cm³/mol. The van der Waals surface area contributed by atoms with E-state index in [4.69, 9.17) is 23.7 Å². The standard InChI is InChI=1S/C26H39NO8/c1-7-22(28)24(34-14-19(4)5)23(33-13-18(2)3)17-32-16-21(25(29)31-6)27-26(30)35-15-20-11-9-8-10-12-20/h8-12,21-24,28H,2,4,7,13-17H2,1,3,5-6H3,(H,27,30)/t21?,22-,23-,24-/m0/s1. The van der Waals surface area contributed by atoms with E-state index >= 15 is 0 Å². The lowest BCUT2D eigenvalue weighted by Crippen LogP contribution is -2.47. The molecule has 0 saturated heterocycles. The van der Waals surface area contributed by atoms with Crippen LogP contribution in [-0.2, 0) is 35.1 Å². The van der Waals surface area contributed by atoms with Crippen molar-refractivity contribution in [3.05, 3.63) is 60.2 Å². The highest BCUT2D eigenvalue weighted by atomic mass is 16.6. The first kappa shape index (κ1) is 30.3. The Morgan fingerprint density at radius 2 is 1.66 bits per heavy atom. The van der Waals surface area contributed by atoms with Gasteiger partial charge >= 0.3 is 12.1 Å². The number of aliphatic hydroxyl groups is 1. The summed E-state index contributed by atoms with van der Waals surface area (Å²) in [6.45, 7) is 13.4. The molecular formula is C26H39NO8. The largest absolute Gasteiger partial charge is 0.467 e. The second-order valence-corrected chi connectivity index (χ2v) is 8.33. The molecule has 2 N–H and O–H groups in total. The van der Waals surface area contributed by atoms with Crippen LogP contribution in [0.4, 0.5) is 4.79 Å². The van der Waals surface area contributed by atoms with E-state index in [0.717, 1.165) is 16.7 Å². The number of nitrogens with one attached hydrogen (secondary N) is 1. The van der Waals surface area contributed by atoms with E-state index in [0.29, 0.717) is 6.42 Å². The van der Waals surface area contributed by atoms with Crippen LogP contribution in [0.15, 0.2) is 54.6 Å². The fourth-order valence-corrected chi connectivity index (χ4v) is 2.94. The van der Waals surface area contributed by atoms with Gasteiger partial charge in [-0.15, -0.1) is 0 Å². The van der Waals surface area contributed by atoms with Gasteiger partial charge in [-0.05, 0) is 25.8 Å². The molecule has 0 aliphatic rings. The Morgan fingerprint density at radius 1 is 1.03 bits per heavy atom. The molecule has 0 spiro atoms. The van der Waals surface area contributed by atoms with Crippen LogP contribution in [-0.4, -0.2) is 75.1 Å². The minimum absolute atomic E-state index is 0.0145. The highest BCUT2D eigenvalue weighted by molar-refractivity contribution is 5.81. The van der Waals surface area contributed by atoms with Crippen molar-refractivity contribution in [2.24, 2.45) is 0 Å². The van der Waals surface area contributed by atoms with Crippen molar-refractivity contribution >= 4 is 12.1 Å². The van der Waals surface area contributed by atoms with Gasteiger partial charge in [0, 0.05) is 0 Å². The second-order valence-electron chi connectivity index (χ2n) is 8.33. The molecule has 0 radical (unpaired) electrons. The summed E-state index contributed by atoms with van der Waals surface area (Å²) < 4.78 is 27.4. The summed E-state index contributed by atoms with van der Waals surface area (Å²) in [5, 5.41) is 13.0. The average Bonchev–Trinajstić information content (AvgIpc) is 2.84. The minimum atomic E-state index is -1.10. The van der Waals surface area contributed by atoms with Crippen molar-refractivity contribution in [1.29, 1.82) is 0 Å². The number of ether oxygens (including phenoxy) is 5. The molecule has 0 saturated carbocycles. The molecule has 0 fully saturated rings. The topological polar surface area (TPSA) is 113 Å². The van der Waals surface area contributed by atoms with Gasteiger partial charge in [0.2, 0.25) is 0 Å². The van der Waals surface area contributed by atoms with Crippen LogP contribution in [0.3, 0.4) is 0 Å². The summed E-state index contributed by atoms with van der Waals surface area (Å²) >= 11 is 0. The van der Waals surface area contributed by atoms with Crippen molar-refractivity contribution < 1.29 is 38.4 Å². The van der Waals surface area contributed by atoms with Crippen molar-refractivity contribution in [3.8, 4) is 0 Å². The Balaban J connectivity index is 2.77. The summed E-state index contributed by atoms with van der Waals surface area (Å²) in [7, 11) is 1.21. The SMILES string of the molecule is C=C(C)CO[C@H]([C@H](COCC(NC(=O)OCc1ccccc1)C(=O)OC)OCC(=C)C)[C@@H](O)CC. The van der Waals surface area contributed by atoms with E-state index in [-0.39, 0.29) is 33.0 Å². The third-order valence-corrected chi connectivity index (χ3v) is 4.79. The monoisotopic (exact) mass is 493 g/mol. The second kappa shape index (κ2) is 16.8. The molecule has 196 valence electrons. The maximum Gasteiger partial charge on any atom is 0.408 e. The van der Waals surface area contributed by atoms with Crippen LogP contribution in [0.25, 0.3) is 0 Å². The highest BCUT2D eigenvalue weighted by Gasteiger charge is 2.31. The van der Waals surface area contributed by atoms with Crippen LogP contribution in [0.5, 0.6) is 0 Å². The molecule has 1 amide bonds. The smallest absolute Gasteiger partial charge is 0.408 e. The van der Waals surface area contributed by atoms with Gasteiger partial charge in [0.25, 0.3) is 0 Å². The highest BCUT2D eigenvalue weighted by Crippen LogP contribution is 2.15. The molecule has 9 heteroatoms. The minimum Gasteiger partial charge on any atom is -0.467 e.